The first kappa shape index (κ1) is 29.8. The molecule has 4 aromatic rings. The average molecular weight is 553 g/mol. The zero-order valence-electron chi connectivity index (χ0n) is 23.5. The Morgan fingerprint density at radius 3 is 2.33 bits per heavy atom. The van der Waals surface area contributed by atoms with Crippen molar-refractivity contribution in [1.29, 1.82) is 0 Å². The highest BCUT2D eigenvalue weighted by molar-refractivity contribution is 7.89. The number of benzene rings is 3. The maximum atomic E-state index is 13.2. The topological polar surface area (TPSA) is 115 Å². The molecule has 39 heavy (non-hydrogen) atoms. The van der Waals surface area contributed by atoms with Crippen LogP contribution in [0.1, 0.15) is 54.0 Å². The summed E-state index contributed by atoms with van der Waals surface area (Å²) in [5.41, 5.74) is 5.48. The molecular formula is C29H36N4O5S. The smallest absolute Gasteiger partial charge is 0.304 e. The predicted octanol–water partition coefficient (Wildman–Crippen LogP) is 5.05. The van der Waals surface area contributed by atoms with Crippen LogP contribution in [0, 0.1) is 13.8 Å². The Balaban J connectivity index is 0.00000205. The monoisotopic (exact) mass is 552 g/mol. The largest absolute Gasteiger partial charge is 0.494 e. The minimum Gasteiger partial charge on any atom is -0.494 e. The van der Waals surface area contributed by atoms with E-state index in [9.17, 15) is 18.3 Å². The molecule has 3 aromatic carbocycles. The third kappa shape index (κ3) is 6.46. The number of aromatic nitrogens is 3. The molecule has 0 fully saturated rings. The van der Waals surface area contributed by atoms with E-state index in [4.69, 9.17) is 4.74 Å². The summed E-state index contributed by atoms with van der Waals surface area (Å²) < 4.78 is 34.8. The number of fused-ring (bicyclic) bond motifs is 1. The number of methoxy groups -OCH3 is 1. The SMILES string of the molecule is CC.COc1cc(C(CC(=O)O)c2ccc(C)c(CN(C)S(=O)(=O)c3ccc(C)cc3)c2)cc2nnn(C)c12. The molecule has 1 heterocycles. The van der Waals surface area contributed by atoms with Gasteiger partial charge in [0.25, 0.3) is 0 Å². The number of nitrogens with zero attached hydrogens (tertiary/aromatic N) is 4. The Kier molecular flexibility index (Phi) is 9.47. The van der Waals surface area contributed by atoms with E-state index in [2.05, 4.69) is 10.3 Å². The van der Waals surface area contributed by atoms with Crippen molar-refractivity contribution >= 4 is 27.0 Å². The Hall–Kier alpha value is -3.76. The Labute approximate surface area is 230 Å². The Morgan fingerprint density at radius 2 is 1.72 bits per heavy atom. The van der Waals surface area contributed by atoms with Crippen LogP contribution in [-0.2, 0) is 28.4 Å². The molecule has 0 bridgehead atoms. The lowest BCUT2D eigenvalue weighted by Crippen LogP contribution is -2.27. The molecule has 0 aliphatic rings. The molecule has 0 saturated carbocycles. The molecule has 0 spiro atoms. The Bertz CT molecular complexity index is 1560. The number of carboxylic acids is 1. The van der Waals surface area contributed by atoms with Crippen molar-refractivity contribution in [3.63, 3.8) is 0 Å². The van der Waals surface area contributed by atoms with Gasteiger partial charge in [0.2, 0.25) is 10.0 Å². The van der Waals surface area contributed by atoms with Crippen LogP contribution in [0.4, 0.5) is 0 Å². The summed E-state index contributed by atoms with van der Waals surface area (Å²) in [6.45, 7) is 7.95. The molecule has 4 rings (SSSR count). The molecule has 0 radical (unpaired) electrons. The van der Waals surface area contributed by atoms with Crippen LogP contribution in [-0.4, -0.2) is 53.0 Å². The second-order valence-electron chi connectivity index (χ2n) is 9.21. The minimum absolute atomic E-state index is 0.141. The number of hydrogen-bond donors (Lipinski definition) is 1. The van der Waals surface area contributed by atoms with Gasteiger partial charge in [-0.1, -0.05) is 55.0 Å². The van der Waals surface area contributed by atoms with Crippen LogP contribution in [0.2, 0.25) is 0 Å². The number of sulfonamides is 1. The fourth-order valence-electron chi connectivity index (χ4n) is 4.43. The molecule has 1 unspecified atom stereocenters. The summed E-state index contributed by atoms with van der Waals surface area (Å²) in [5, 5.41) is 18.0. The fourth-order valence-corrected chi connectivity index (χ4v) is 5.58. The highest BCUT2D eigenvalue weighted by atomic mass is 32.2. The molecule has 0 amide bonds. The fraction of sp³-hybridized carbons (Fsp3) is 0.345. The third-order valence-electron chi connectivity index (χ3n) is 6.59. The summed E-state index contributed by atoms with van der Waals surface area (Å²) in [7, 11) is 1.15. The van der Waals surface area contributed by atoms with Crippen molar-refractivity contribution in [2.75, 3.05) is 14.2 Å². The third-order valence-corrected chi connectivity index (χ3v) is 8.40. The van der Waals surface area contributed by atoms with Gasteiger partial charge in [-0.2, -0.15) is 4.31 Å². The van der Waals surface area contributed by atoms with E-state index in [0.29, 0.717) is 16.8 Å². The number of carbonyl (C=O) groups is 1. The minimum atomic E-state index is -3.70. The van der Waals surface area contributed by atoms with Crippen molar-refractivity contribution < 1.29 is 23.1 Å². The van der Waals surface area contributed by atoms with Gasteiger partial charge in [0.05, 0.1) is 18.4 Å². The molecule has 1 N–H and O–H groups in total. The number of aliphatic carboxylic acids is 1. The summed E-state index contributed by atoms with van der Waals surface area (Å²) in [4.78, 5) is 12.1. The Morgan fingerprint density at radius 1 is 1.05 bits per heavy atom. The molecule has 10 heteroatoms. The molecule has 0 aliphatic heterocycles. The van der Waals surface area contributed by atoms with E-state index in [1.54, 1.807) is 50.2 Å². The van der Waals surface area contributed by atoms with Gasteiger partial charge in [0.15, 0.2) is 0 Å². The van der Waals surface area contributed by atoms with Crippen LogP contribution in [0.3, 0.4) is 0 Å². The van der Waals surface area contributed by atoms with Crippen LogP contribution >= 0.6 is 0 Å². The number of ether oxygens (including phenoxy) is 1. The van der Waals surface area contributed by atoms with Crippen molar-refractivity contribution in [1.82, 2.24) is 19.3 Å². The van der Waals surface area contributed by atoms with Gasteiger partial charge in [-0.05, 0) is 60.4 Å². The zero-order valence-corrected chi connectivity index (χ0v) is 24.3. The average Bonchev–Trinajstić information content (AvgIpc) is 3.30. The van der Waals surface area contributed by atoms with Gasteiger partial charge in [-0.3, -0.25) is 4.79 Å². The lowest BCUT2D eigenvalue weighted by atomic mass is 9.86. The van der Waals surface area contributed by atoms with Gasteiger partial charge in [0.1, 0.15) is 16.8 Å². The van der Waals surface area contributed by atoms with Crippen molar-refractivity contribution in [3.05, 3.63) is 82.4 Å². The number of carboxylic acid groups (broad SMARTS) is 1. The van der Waals surface area contributed by atoms with Crippen LogP contribution < -0.4 is 4.74 Å². The highest BCUT2D eigenvalue weighted by Gasteiger charge is 2.24. The first-order chi connectivity index (χ1) is 18.5. The number of aryl methyl sites for hydroxylation is 3. The number of hydrogen-bond acceptors (Lipinski definition) is 6. The van der Waals surface area contributed by atoms with E-state index in [1.807, 2.05) is 58.0 Å². The van der Waals surface area contributed by atoms with Gasteiger partial charge in [-0.25, -0.2) is 13.1 Å². The molecule has 0 saturated heterocycles. The highest BCUT2D eigenvalue weighted by Crippen LogP contribution is 2.35. The summed E-state index contributed by atoms with van der Waals surface area (Å²) in [6.07, 6.45) is -0.158. The molecule has 1 aromatic heterocycles. The van der Waals surface area contributed by atoms with Gasteiger partial charge in [0, 0.05) is 26.6 Å². The van der Waals surface area contributed by atoms with Crippen molar-refractivity contribution in [3.8, 4) is 5.75 Å². The molecule has 0 aliphatic carbocycles. The standard InChI is InChI=1S/C27H30N4O5S.C2H6/c1-17-6-10-22(11-7-17)37(34,35)30(3)16-21-12-19(9-8-18(21)2)23(15-26(32)33)20-13-24-27(25(14-20)36-5)31(4)29-28-24;1-2/h6-14,23H,15-16H2,1-5H3,(H,32,33);1-2H3. The predicted molar refractivity (Wildman–Crippen MR) is 152 cm³/mol. The zero-order chi connectivity index (χ0) is 28.9. The van der Waals surface area contributed by atoms with E-state index in [1.165, 1.54) is 4.31 Å². The van der Waals surface area contributed by atoms with Crippen molar-refractivity contribution in [2.24, 2.45) is 7.05 Å². The second-order valence-corrected chi connectivity index (χ2v) is 11.3. The van der Waals surface area contributed by atoms with E-state index in [-0.39, 0.29) is 17.9 Å². The van der Waals surface area contributed by atoms with Crippen LogP contribution in [0.25, 0.3) is 11.0 Å². The summed E-state index contributed by atoms with van der Waals surface area (Å²) in [5.74, 6) is -0.910. The quantitative estimate of drug-likeness (QED) is 0.309. The van der Waals surface area contributed by atoms with Crippen LogP contribution in [0.15, 0.2) is 59.5 Å². The second kappa shape index (κ2) is 12.4. The lowest BCUT2D eigenvalue weighted by molar-refractivity contribution is -0.137. The van der Waals surface area contributed by atoms with Gasteiger partial charge >= 0.3 is 5.97 Å². The maximum absolute atomic E-state index is 13.2. The summed E-state index contributed by atoms with van der Waals surface area (Å²) in [6, 6.07) is 16.0. The van der Waals surface area contributed by atoms with Crippen molar-refractivity contribution in [2.45, 2.75) is 51.5 Å². The number of rotatable bonds is 9. The lowest BCUT2D eigenvalue weighted by Gasteiger charge is -2.22. The van der Waals surface area contributed by atoms with E-state index < -0.39 is 21.9 Å². The molecule has 9 nitrogen and oxygen atoms in total. The van der Waals surface area contributed by atoms with Crippen LogP contribution in [0.5, 0.6) is 5.75 Å². The van der Waals surface area contributed by atoms with E-state index >= 15 is 0 Å². The first-order valence-corrected chi connectivity index (χ1v) is 14.2. The van der Waals surface area contributed by atoms with Gasteiger partial charge < -0.3 is 9.84 Å². The molecule has 1 atom stereocenters. The summed E-state index contributed by atoms with van der Waals surface area (Å²) >= 11 is 0. The first-order valence-electron chi connectivity index (χ1n) is 12.7. The molecular weight excluding hydrogens is 516 g/mol. The van der Waals surface area contributed by atoms with Gasteiger partial charge in [-0.15, -0.1) is 5.10 Å². The molecule has 208 valence electrons. The van der Waals surface area contributed by atoms with E-state index in [0.717, 1.165) is 27.8 Å². The maximum Gasteiger partial charge on any atom is 0.304 e. The normalized spacial score (nSPS) is 12.2.